The van der Waals surface area contributed by atoms with E-state index in [4.69, 9.17) is 4.42 Å². The minimum absolute atomic E-state index is 0.0839. The summed E-state index contributed by atoms with van der Waals surface area (Å²) in [7, 11) is 2.14. The molecule has 22 heavy (non-hydrogen) atoms. The summed E-state index contributed by atoms with van der Waals surface area (Å²) in [4.78, 5) is 20.6. The number of carbonyl (C=O) groups excluding carboxylic acids is 1. The number of oxazole rings is 1. The number of aromatic nitrogens is 1. The van der Waals surface area contributed by atoms with Gasteiger partial charge in [-0.1, -0.05) is 0 Å². The Labute approximate surface area is 129 Å². The summed E-state index contributed by atoms with van der Waals surface area (Å²) < 4.78 is 5.21. The van der Waals surface area contributed by atoms with E-state index in [1.54, 1.807) is 6.92 Å². The molecule has 1 fully saturated rings. The van der Waals surface area contributed by atoms with E-state index in [0.717, 1.165) is 31.9 Å². The third kappa shape index (κ3) is 3.28. The lowest BCUT2D eigenvalue weighted by Gasteiger charge is -2.34. The van der Waals surface area contributed by atoms with Gasteiger partial charge in [-0.2, -0.15) is 0 Å². The first-order chi connectivity index (χ1) is 10.6. The predicted octanol–water partition coefficient (Wildman–Crippen LogP) is 1.99. The van der Waals surface area contributed by atoms with E-state index in [-0.39, 0.29) is 11.8 Å². The topological polar surface area (TPSA) is 61.6 Å². The van der Waals surface area contributed by atoms with Crippen molar-refractivity contribution < 1.29 is 9.21 Å². The molecule has 1 amide bonds. The maximum atomic E-state index is 12.0. The molecule has 0 bridgehead atoms. The molecule has 116 valence electrons. The Morgan fingerprint density at radius 3 is 2.45 bits per heavy atom. The minimum atomic E-state index is -0.333. The minimum Gasteiger partial charge on any atom is -0.438 e. The molecule has 1 aliphatic rings. The van der Waals surface area contributed by atoms with E-state index in [9.17, 15) is 4.79 Å². The highest BCUT2D eigenvalue weighted by Gasteiger charge is 2.15. The van der Waals surface area contributed by atoms with Crippen molar-refractivity contribution >= 4 is 17.3 Å². The van der Waals surface area contributed by atoms with Crippen LogP contribution in [0.15, 0.2) is 34.9 Å². The molecule has 1 aliphatic heterocycles. The van der Waals surface area contributed by atoms with Crippen LogP contribution in [0.3, 0.4) is 0 Å². The molecule has 0 saturated carbocycles. The second-order valence-corrected chi connectivity index (χ2v) is 5.57. The largest absolute Gasteiger partial charge is 0.438 e. The maximum absolute atomic E-state index is 12.0. The summed E-state index contributed by atoms with van der Waals surface area (Å²) in [5, 5.41) is 2.79. The summed E-state index contributed by atoms with van der Waals surface area (Å²) in [5.74, 6) is 0.372. The van der Waals surface area contributed by atoms with Crippen LogP contribution in [0.25, 0.3) is 0 Å². The van der Waals surface area contributed by atoms with Crippen LogP contribution in [0.5, 0.6) is 0 Å². The van der Waals surface area contributed by atoms with E-state index in [1.807, 2.05) is 24.3 Å². The molecular formula is C16H20N4O2. The van der Waals surface area contributed by atoms with Crippen LogP contribution in [0, 0.1) is 6.92 Å². The quantitative estimate of drug-likeness (QED) is 0.939. The van der Waals surface area contributed by atoms with Crippen molar-refractivity contribution in [1.82, 2.24) is 9.88 Å². The summed E-state index contributed by atoms with van der Waals surface area (Å²) in [6.45, 7) is 5.95. The number of anilines is 2. The highest BCUT2D eigenvalue weighted by atomic mass is 16.4. The Bertz CT molecular complexity index is 642. The number of likely N-dealkylation sites (N-methyl/N-ethyl adjacent to an activating group) is 1. The number of carbonyl (C=O) groups is 1. The molecule has 1 aromatic heterocycles. The van der Waals surface area contributed by atoms with Gasteiger partial charge in [0.05, 0.1) is 6.20 Å². The van der Waals surface area contributed by atoms with E-state index < -0.39 is 0 Å². The van der Waals surface area contributed by atoms with Crippen molar-refractivity contribution in [2.75, 3.05) is 43.4 Å². The number of nitrogens with one attached hydrogen (secondary N) is 1. The monoisotopic (exact) mass is 300 g/mol. The standard InChI is InChI=1S/C16H20N4O2/c1-12-11-17-16(22-12)15(21)18-13-3-5-14(6-4-13)20-9-7-19(2)8-10-20/h3-6,11H,7-10H2,1-2H3,(H,18,21). The number of aryl methyl sites for hydroxylation is 1. The second kappa shape index (κ2) is 6.19. The molecule has 2 heterocycles. The zero-order valence-corrected chi connectivity index (χ0v) is 12.9. The summed E-state index contributed by atoms with van der Waals surface area (Å²) in [6.07, 6.45) is 1.53. The number of piperazine rings is 1. The highest BCUT2D eigenvalue weighted by Crippen LogP contribution is 2.19. The highest BCUT2D eigenvalue weighted by molar-refractivity contribution is 6.00. The van der Waals surface area contributed by atoms with Crippen molar-refractivity contribution in [2.45, 2.75) is 6.92 Å². The fourth-order valence-electron chi connectivity index (χ4n) is 2.46. The summed E-state index contributed by atoms with van der Waals surface area (Å²) in [5.41, 5.74) is 1.91. The van der Waals surface area contributed by atoms with Gasteiger partial charge in [0.2, 0.25) is 0 Å². The Hall–Kier alpha value is -2.34. The Kier molecular flexibility index (Phi) is 4.11. The van der Waals surface area contributed by atoms with Crippen molar-refractivity contribution in [3.63, 3.8) is 0 Å². The van der Waals surface area contributed by atoms with Crippen LogP contribution in [0.2, 0.25) is 0 Å². The molecule has 1 saturated heterocycles. The van der Waals surface area contributed by atoms with Gasteiger partial charge < -0.3 is 19.5 Å². The van der Waals surface area contributed by atoms with Crippen LogP contribution in [0.4, 0.5) is 11.4 Å². The third-order valence-electron chi connectivity index (χ3n) is 3.81. The van der Waals surface area contributed by atoms with E-state index in [2.05, 4.69) is 27.1 Å². The normalized spacial score (nSPS) is 15.8. The van der Waals surface area contributed by atoms with Crippen LogP contribution in [-0.4, -0.2) is 49.0 Å². The van der Waals surface area contributed by atoms with Crippen molar-refractivity contribution in [3.8, 4) is 0 Å². The van der Waals surface area contributed by atoms with Gasteiger partial charge in [-0.15, -0.1) is 0 Å². The second-order valence-electron chi connectivity index (χ2n) is 5.57. The fourth-order valence-corrected chi connectivity index (χ4v) is 2.46. The van der Waals surface area contributed by atoms with Gasteiger partial charge in [0.15, 0.2) is 0 Å². The SMILES string of the molecule is Cc1cnc(C(=O)Nc2ccc(N3CCN(C)CC3)cc2)o1. The molecule has 0 radical (unpaired) electrons. The Morgan fingerprint density at radius 1 is 1.18 bits per heavy atom. The van der Waals surface area contributed by atoms with Crippen molar-refractivity contribution in [2.24, 2.45) is 0 Å². The lowest BCUT2D eigenvalue weighted by molar-refractivity contribution is 0.0989. The zero-order valence-electron chi connectivity index (χ0n) is 12.9. The van der Waals surface area contributed by atoms with Crippen LogP contribution in [0.1, 0.15) is 16.4 Å². The van der Waals surface area contributed by atoms with Gasteiger partial charge in [0.1, 0.15) is 5.76 Å². The van der Waals surface area contributed by atoms with Gasteiger partial charge in [0, 0.05) is 37.6 Å². The maximum Gasteiger partial charge on any atom is 0.311 e. The van der Waals surface area contributed by atoms with Crippen LogP contribution >= 0.6 is 0 Å². The lowest BCUT2D eigenvalue weighted by Crippen LogP contribution is -2.44. The number of hydrogen-bond donors (Lipinski definition) is 1. The Morgan fingerprint density at radius 2 is 1.86 bits per heavy atom. The number of benzene rings is 1. The van der Waals surface area contributed by atoms with Gasteiger partial charge >= 0.3 is 5.91 Å². The molecule has 0 unspecified atom stereocenters. The van der Waals surface area contributed by atoms with Crippen molar-refractivity contribution in [1.29, 1.82) is 0 Å². The van der Waals surface area contributed by atoms with Crippen molar-refractivity contribution in [3.05, 3.63) is 42.1 Å². The van der Waals surface area contributed by atoms with Gasteiger partial charge in [-0.3, -0.25) is 4.79 Å². The number of amides is 1. The average Bonchev–Trinajstić information content (AvgIpc) is 2.96. The molecule has 0 spiro atoms. The van der Waals surface area contributed by atoms with E-state index in [0.29, 0.717) is 5.76 Å². The Balaban J connectivity index is 1.63. The average molecular weight is 300 g/mol. The molecule has 2 aromatic rings. The molecule has 0 aliphatic carbocycles. The van der Waals surface area contributed by atoms with Gasteiger partial charge in [-0.05, 0) is 38.2 Å². The van der Waals surface area contributed by atoms with Gasteiger partial charge in [-0.25, -0.2) is 4.98 Å². The lowest BCUT2D eigenvalue weighted by atomic mass is 10.2. The third-order valence-corrected chi connectivity index (χ3v) is 3.81. The first-order valence-corrected chi connectivity index (χ1v) is 7.39. The molecule has 1 N–H and O–H groups in total. The van der Waals surface area contributed by atoms with E-state index in [1.165, 1.54) is 11.9 Å². The predicted molar refractivity (Wildman–Crippen MR) is 85.3 cm³/mol. The fraction of sp³-hybridized carbons (Fsp3) is 0.375. The van der Waals surface area contributed by atoms with Crippen LogP contribution < -0.4 is 10.2 Å². The summed E-state index contributed by atoms with van der Waals surface area (Å²) in [6, 6.07) is 7.87. The molecule has 0 atom stereocenters. The smallest absolute Gasteiger partial charge is 0.311 e. The van der Waals surface area contributed by atoms with Gasteiger partial charge in [0.25, 0.3) is 5.89 Å². The molecule has 6 heteroatoms. The first-order valence-electron chi connectivity index (χ1n) is 7.39. The number of hydrogen-bond acceptors (Lipinski definition) is 5. The van der Waals surface area contributed by atoms with E-state index >= 15 is 0 Å². The first kappa shape index (κ1) is 14.6. The number of nitrogens with zero attached hydrogens (tertiary/aromatic N) is 3. The zero-order chi connectivity index (χ0) is 15.5. The molecular weight excluding hydrogens is 280 g/mol. The summed E-state index contributed by atoms with van der Waals surface area (Å²) >= 11 is 0. The number of rotatable bonds is 3. The molecule has 1 aromatic carbocycles. The van der Waals surface area contributed by atoms with Crippen LogP contribution in [-0.2, 0) is 0 Å². The molecule has 3 rings (SSSR count). The molecule has 6 nitrogen and oxygen atoms in total.